The molecule has 180 valence electrons. The van der Waals surface area contributed by atoms with E-state index >= 15 is 0 Å². The molecule has 2 aliphatic heterocycles. The third kappa shape index (κ3) is 4.84. The van der Waals surface area contributed by atoms with Gasteiger partial charge in [-0.05, 0) is 49.6 Å². The number of hydrogen-bond donors (Lipinski definition) is 1. The number of thioether (sulfide) groups is 1. The van der Waals surface area contributed by atoms with Crippen molar-refractivity contribution in [2.45, 2.75) is 30.2 Å². The van der Waals surface area contributed by atoms with E-state index < -0.39 is 11.9 Å². The Morgan fingerprint density at radius 1 is 0.943 bits per heavy atom. The second-order valence-corrected chi connectivity index (χ2v) is 9.74. The van der Waals surface area contributed by atoms with E-state index in [1.165, 1.54) is 11.8 Å². The number of anilines is 1. The summed E-state index contributed by atoms with van der Waals surface area (Å²) in [7, 11) is 0. The van der Waals surface area contributed by atoms with Crippen LogP contribution in [-0.2, 0) is 9.59 Å². The average molecular weight is 488 g/mol. The highest BCUT2D eigenvalue weighted by molar-refractivity contribution is 8.00. The van der Waals surface area contributed by atoms with Crippen LogP contribution in [0.1, 0.15) is 24.8 Å². The minimum atomic E-state index is -0.484. The molecule has 5 rings (SSSR count). The smallest absolute Gasteiger partial charge is 0.240 e. The van der Waals surface area contributed by atoms with Gasteiger partial charge in [0.1, 0.15) is 11.9 Å². The zero-order chi connectivity index (χ0) is 24.2. The van der Waals surface area contributed by atoms with Gasteiger partial charge in [0.05, 0.1) is 17.1 Å². The quantitative estimate of drug-likeness (QED) is 0.515. The number of nitrogens with two attached hydrogens (primary N) is 1. The van der Waals surface area contributed by atoms with Gasteiger partial charge >= 0.3 is 0 Å². The van der Waals surface area contributed by atoms with E-state index in [0.717, 1.165) is 53.6 Å². The number of aromatic nitrogens is 1. The van der Waals surface area contributed by atoms with Crippen molar-refractivity contribution in [3.8, 4) is 5.69 Å². The number of primary amides is 1. The molecule has 0 saturated carbocycles. The molecule has 2 aromatic carbocycles. The fraction of sp³-hybridized carbons (Fsp3) is 0.296. The first-order chi connectivity index (χ1) is 17.1. The Morgan fingerprint density at radius 3 is 2.49 bits per heavy atom. The first-order valence-electron chi connectivity index (χ1n) is 12.0. The maximum Gasteiger partial charge on any atom is 0.240 e. The Bertz CT molecular complexity index is 1240. The standard InChI is InChI=1S/C27H29N5O2S/c28-26(34)23-12-7-17-31(23)25(33)19-35-24-13-4-1-9-20(24)27-29-14-8-18-32(27)22-11-3-2-10-21(22)30-15-5-6-16-30/h1-6,9-11,13,15-16,23H,7-8,12,14,17-19H2,(H2,28,34)/t23-/m0/s1. The first kappa shape index (κ1) is 23.2. The van der Waals surface area contributed by atoms with Gasteiger partial charge in [0.15, 0.2) is 0 Å². The predicted molar refractivity (Wildman–Crippen MR) is 140 cm³/mol. The second kappa shape index (κ2) is 10.4. The molecule has 1 fully saturated rings. The highest BCUT2D eigenvalue weighted by Gasteiger charge is 2.32. The average Bonchev–Trinajstić information content (AvgIpc) is 3.60. The van der Waals surface area contributed by atoms with Gasteiger partial charge < -0.3 is 20.1 Å². The molecule has 0 radical (unpaired) electrons. The number of likely N-dealkylation sites (tertiary alicyclic amines) is 1. The molecule has 1 saturated heterocycles. The molecule has 0 unspecified atom stereocenters. The van der Waals surface area contributed by atoms with E-state index in [0.29, 0.717) is 13.0 Å². The zero-order valence-electron chi connectivity index (χ0n) is 19.5. The normalized spacial score (nSPS) is 17.9. The third-order valence-corrected chi connectivity index (χ3v) is 7.55. The van der Waals surface area contributed by atoms with Gasteiger partial charge in [0, 0.05) is 42.5 Å². The summed E-state index contributed by atoms with van der Waals surface area (Å²) in [5, 5.41) is 0. The molecule has 35 heavy (non-hydrogen) atoms. The van der Waals surface area contributed by atoms with E-state index in [9.17, 15) is 9.59 Å². The van der Waals surface area contributed by atoms with Crippen molar-refractivity contribution in [3.05, 3.63) is 78.6 Å². The molecule has 2 aliphatic rings. The van der Waals surface area contributed by atoms with Gasteiger partial charge in [-0.15, -0.1) is 11.8 Å². The van der Waals surface area contributed by atoms with E-state index in [-0.39, 0.29) is 11.7 Å². The number of aliphatic imine (C=N–C) groups is 1. The Balaban J connectivity index is 1.41. The van der Waals surface area contributed by atoms with Crippen molar-refractivity contribution in [1.29, 1.82) is 0 Å². The van der Waals surface area contributed by atoms with Gasteiger partial charge in [-0.2, -0.15) is 0 Å². The van der Waals surface area contributed by atoms with Crippen LogP contribution in [0.15, 0.2) is 82.9 Å². The number of amides is 2. The highest BCUT2D eigenvalue weighted by Crippen LogP contribution is 2.32. The van der Waals surface area contributed by atoms with E-state index in [1.54, 1.807) is 4.90 Å². The summed E-state index contributed by atoms with van der Waals surface area (Å²) < 4.78 is 2.12. The maximum atomic E-state index is 12.9. The van der Waals surface area contributed by atoms with Crippen molar-refractivity contribution >= 4 is 35.1 Å². The number of nitrogens with zero attached hydrogens (tertiary/aromatic N) is 4. The first-order valence-corrected chi connectivity index (χ1v) is 13.0. The van der Waals surface area contributed by atoms with Crippen LogP contribution in [0.2, 0.25) is 0 Å². The van der Waals surface area contributed by atoms with Gasteiger partial charge in [0.25, 0.3) is 0 Å². The number of para-hydroxylation sites is 2. The summed E-state index contributed by atoms with van der Waals surface area (Å²) in [5.41, 5.74) is 8.72. The summed E-state index contributed by atoms with van der Waals surface area (Å²) in [6, 6.07) is 20.0. The molecule has 8 heteroatoms. The minimum absolute atomic E-state index is 0.0495. The van der Waals surface area contributed by atoms with Crippen LogP contribution in [0.5, 0.6) is 0 Å². The number of benzene rings is 2. The van der Waals surface area contributed by atoms with Crippen molar-refractivity contribution in [1.82, 2.24) is 9.47 Å². The summed E-state index contributed by atoms with van der Waals surface area (Å²) in [6.07, 6.45) is 6.53. The van der Waals surface area contributed by atoms with Gasteiger partial charge in [-0.25, -0.2) is 0 Å². The van der Waals surface area contributed by atoms with Crippen molar-refractivity contribution in [3.63, 3.8) is 0 Å². The summed E-state index contributed by atoms with van der Waals surface area (Å²) >= 11 is 1.49. The molecule has 1 atom stereocenters. The molecular formula is C27H29N5O2S. The van der Waals surface area contributed by atoms with Crippen molar-refractivity contribution in [2.24, 2.45) is 10.7 Å². The Morgan fingerprint density at radius 2 is 1.69 bits per heavy atom. The minimum Gasteiger partial charge on any atom is -0.368 e. The number of hydrogen-bond acceptors (Lipinski definition) is 5. The number of carbonyl (C=O) groups excluding carboxylic acids is 2. The molecule has 7 nitrogen and oxygen atoms in total. The predicted octanol–water partition coefficient (Wildman–Crippen LogP) is 3.70. The number of rotatable bonds is 7. The Kier molecular flexibility index (Phi) is 6.90. The lowest BCUT2D eigenvalue weighted by Crippen LogP contribution is -2.44. The topological polar surface area (TPSA) is 83.9 Å². The number of amidine groups is 1. The summed E-state index contributed by atoms with van der Waals surface area (Å²) in [5.74, 6) is 0.706. The SMILES string of the molecule is NC(=O)[C@@H]1CCCN1C(=O)CSc1ccccc1C1=NCCCN1c1ccccc1-n1cccc1. The summed E-state index contributed by atoms with van der Waals surface area (Å²) in [6.45, 7) is 2.22. The largest absolute Gasteiger partial charge is 0.368 e. The van der Waals surface area contributed by atoms with Crippen LogP contribution in [0.4, 0.5) is 5.69 Å². The van der Waals surface area contributed by atoms with Crippen LogP contribution in [0, 0.1) is 0 Å². The Hall–Kier alpha value is -3.52. The molecule has 3 heterocycles. The van der Waals surface area contributed by atoms with Crippen LogP contribution in [0.25, 0.3) is 5.69 Å². The molecule has 0 bridgehead atoms. The molecule has 0 spiro atoms. The molecule has 2 N–H and O–H groups in total. The van der Waals surface area contributed by atoms with Crippen LogP contribution in [0.3, 0.4) is 0 Å². The van der Waals surface area contributed by atoms with Crippen molar-refractivity contribution in [2.75, 3.05) is 30.3 Å². The third-order valence-electron chi connectivity index (χ3n) is 6.49. The monoisotopic (exact) mass is 487 g/mol. The lowest BCUT2D eigenvalue weighted by molar-refractivity contribution is -0.135. The molecule has 0 aliphatic carbocycles. The highest BCUT2D eigenvalue weighted by atomic mass is 32.2. The van der Waals surface area contributed by atoms with Gasteiger partial charge in [0.2, 0.25) is 11.8 Å². The molecule has 3 aromatic rings. The maximum absolute atomic E-state index is 12.9. The van der Waals surface area contributed by atoms with Gasteiger partial charge in [-0.1, -0.05) is 30.3 Å². The van der Waals surface area contributed by atoms with E-state index in [2.05, 4.69) is 33.7 Å². The lowest BCUT2D eigenvalue weighted by atomic mass is 10.1. The van der Waals surface area contributed by atoms with E-state index in [4.69, 9.17) is 10.7 Å². The Labute approximate surface area is 209 Å². The van der Waals surface area contributed by atoms with Crippen LogP contribution < -0.4 is 10.6 Å². The molecule has 2 amide bonds. The van der Waals surface area contributed by atoms with Crippen LogP contribution >= 0.6 is 11.8 Å². The lowest BCUT2D eigenvalue weighted by Gasteiger charge is -2.32. The van der Waals surface area contributed by atoms with E-state index in [1.807, 2.05) is 48.8 Å². The second-order valence-electron chi connectivity index (χ2n) is 8.72. The number of carbonyl (C=O) groups is 2. The fourth-order valence-corrected chi connectivity index (χ4v) is 5.77. The van der Waals surface area contributed by atoms with Gasteiger partial charge in [-0.3, -0.25) is 14.6 Å². The van der Waals surface area contributed by atoms with Crippen molar-refractivity contribution < 1.29 is 9.59 Å². The molecule has 1 aromatic heterocycles. The van der Waals surface area contributed by atoms with Crippen LogP contribution in [-0.4, -0.2) is 58.5 Å². The molecular weight excluding hydrogens is 458 g/mol. The zero-order valence-corrected chi connectivity index (χ0v) is 20.4. The fourth-order valence-electron chi connectivity index (χ4n) is 4.84. The summed E-state index contributed by atoms with van der Waals surface area (Å²) in [4.78, 5) is 34.5.